The number of halogens is 5. The van der Waals surface area contributed by atoms with Gasteiger partial charge in [-0.1, -0.05) is 96.6 Å². The first-order valence-corrected chi connectivity index (χ1v) is 19.1. The van der Waals surface area contributed by atoms with E-state index in [0.29, 0.717) is 56.1 Å². The number of nitrogens with zero attached hydrogens (tertiary/aromatic N) is 2. The van der Waals surface area contributed by atoms with Crippen molar-refractivity contribution in [2.24, 2.45) is 5.92 Å². The van der Waals surface area contributed by atoms with Gasteiger partial charge in [0.2, 0.25) is 10.0 Å². The van der Waals surface area contributed by atoms with Crippen molar-refractivity contribution in [3.05, 3.63) is 157 Å². The number of rotatable bonds is 14. The van der Waals surface area contributed by atoms with Crippen LogP contribution < -0.4 is 4.74 Å². The normalized spacial score (nSPS) is 11.6. The number of amides is 1. The minimum atomic E-state index is -4.36. The molecule has 0 aliphatic heterocycles. The molecule has 0 bridgehead atoms. The molecule has 5 rings (SSSR count). The smallest absolute Gasteiger partial charge is 0.254 e. The van der Waals surface area contributed by atoms with E-state index >= 15 is 0 Å². The van der Waals surface area contributed by atoms with E-state index in [9.17, 15) is 22.7 Å². The maximum absolute atomic E-state index is 14.1. The Kier molecular flexibility index (Phi) is 13.1. The first kappa shape index (κ1) is 39.4. The van der Waals surface area contributed by atoms with Crippen LogP contribution in [-0.4, -0.2) is 35.2 Å². The van der Waals surface area contributed by atoms with Gasteiger partial charge in [0.05, 0.1) is 11.6 Å². The van der Waals surface area contributed by atoms with Crippen molar-refractivity contribution < 1.29 is 27.4 Å². The molecular formula is C39H35Cl4FN2O5S. The Morgan fingerprint density at radius 3 is 1.79 bits per heavy atom. The summed E-state index contributed by atoms with van der Waals surface area (Å²) in [4.78, 5) is 15.1. The van der Waals surface area contributed by atoms with Gasteiger partial charge < -0.3 is 14.7 Å². The summed E-state index contributed by atoms with van der Waals surface area (Å²) in [5, 5.41) is 11.4. The summed E-state index contributed by atoms with van der Waals surface area (Å²) >= 11 is 24.7. The maximum Gasteiger partial charge on any atom is 0.254 e. The summed E-state index contributed by atoms with van der Waals surface area (Å²) in [6.45, 7) is 4.77. The highest BCUT2D eigenvalue weighted by atomic mass is 35.5. The van der Waals surface area contributed by atoms with Crippen LogP contribution >= 0.6 is 46.4 Å². The zero-order valence-corrected chi connectivity index (χ0v) is 32.0. The highest BCUT2D eigenvalue weighted by Gasteiger charge is 2.30. The number of aromatic hydroxyl groups is 1. The molecule has 5 aromatic rings. The number of sulfonamides is 1. The number of hydrogen-bond acceptors (Lipinski definition) is 5. The lowest BCUT2D eigenvalue weighted by Gasteiger charge is -2.25. The molecule has 0 aliphatic rings. The van der Waals surface area contributed by atoms with Gasteiger partial charge in [0.1, 0.15) is 16.5 Å². The predicted octanol–water partition coefficient (Wildman–Crippen LogP) is 10.4. The van der Waals surface area contributed by atoms with E-state index in [2.05, 4.69) is 0 Å². The van der Waals surface area contributed by atoms with E-state index in [0.717, 1.165) is 6.07 Å². The molecule has 0 atom stereocenters. The highest BCUT2D eigenvalue weighted by Crippen LogP contribution is 2.37. The van der Waals surface area contributed by atoms with E-state index in [1.807, 2.05) is 13.8 Å². The van der Waals surface area contributed by atoms with Crippen LogP contribution in [0.25, 0.3) is 0 Å². The first-order chi connectivity index (χ1) is 24.7. The van der Waals surface area contributed by atoms with Crippen molar-refractivity contribution in [3.63, 3.8) is 0 Å². The van der Waals surface area contributed by atoms with Gasteiger partial charge in [0, 0.05) is 46.8 Å². The zero-order valence-electron chi connectivity index (χ0n) is 28.2. The van der Waals surface area contributed by atoms with E-state index in [4.69, 9.17) is 51.1 Å². The van der Waals surface area contributed by atoms with Crippen LogP contribution in [0.1, 0.15) is 46.5 Å². The Morgan fingerprint density at radius 1 is 0.712 bits per heavy atom. The summed E-state index contributed by atoms with van der Waals surface area (Å²) in [5.41, 5.74) is 2.98. The van der Waals surface area contributed by atoms with E-state index < -0.39 is 26.5 Å². The summed E-state index contributed by atoms with van der Waals surface area (Å²) in [6.07, 6.45) is 0. The van der Waals surface area contributed by atoms with Crippen molar-refractivity contribution >= 4 is 62.3 Å². The Balaban J connectivity index is 1.43. The van der Waals surface area contributed by atoms with Gasteiger partial charge in [-0.15, -0.1) is 0 Å². The number of phenols is 1. The van der Waals surface area contributed by atoms with Crippen molar-refractivity contribution in [2.75, 3.05) is 6.61 Å². The van der Waals surface area contributed by atoms with Crippen LogP contribution in [0.5, 0.6) is 11.5 Å². The average molecular weight is 805 g/mol. The van der Waals surface area contributed by atoms with Crippen LogP contribution in [0, 0.1) is 11.7 Å². The third-order valence-corrected chi connectivity index (χ3v) is 10.7. The average Bonchev–Trinajstić information content (AvgIpc) is 3.09. The molecule has 0 fully saturated rings. The second-order valence-electron chi connectivity index (χ2n) is 12.6. The molecule has 272 valence electrons. The van der Waals surface area contributed by atoms with E-state index in [-0.39, 0.29) is 42.1 Å². The second-order valence-corrected chi connectivity index (χ2v) is 16.2. The third kappa shape index (κ3) is 10.4. The number of phenolic OH excluding ortho intramolecular Hbond substituents is 1. The molecule has 0 heterocycles. The molecule has 0 saturated heterocycles. The van der Waals surface area contributed by atoms with Gasteiger partial charge in [-0.2, -0.15) is 4.31 Å². The number of benzene rings is 5. The van der Waals surface area contributed by atoms with Gasteiger partial charge in [-0.3, -0.25) is 4.79 Å². The van der Waals surface area contributed by atoms with Crippen LogP contribution in [-0.2, 0) is 36.2 Å². The Bertz CT molecular complexity index is 2110. The lowest BCUT2D eigenvalue weighted by atomic mass is 10.1. The Morgan fingerprint density at radius 2 is 1.21 bits per heavy atom. The Labute approximate surface area is 323 Å². The third-order valence-electron chi connectivity index (χ3n) is 7.91. The molecule has 5 aromatic carbocycles. The fraction of sp³-hybridized carbons (Fsp3) is 0.205. The van der Waals surface area contributed by atoms with Gasteiger partial charge in [-0.25, -0.2) is 12.8 Å². The summed E-state index contributed by atoms with van der Waals surface area (Å²) in [6, 6.07) is 26.9. The van der Waals surface area contributed by atoms with Crippen LogP contribution in [0.4, 0.5) is 4.39 Å². The fourth-order valence-corrected chi connectivity index (χ4v) is 8.06. The minimum absolute atomic E-state index is 0.0427. The van der Waals surface area contributed by atoms with Gasteiger partial charge in [0.25, 0.3) is 5.91 Å². The zero-order chi connectivity index (χ0) is 37.6. The molecule has 0 radical (unpaired) electrons. The number of ether oxygens (including phenoxy) is 1. The second kappa shape index (κ2) is 17.3. The molecule has 0 aromatic heterocycles. The van der Waals surface area contributed by atoms with Gasteiger partial charge in [0.15, 0.2) is 5.75 Å². The summed E-state index contributed by atoms with van der Waals surface area (Å²) < 4.78 is 48.8. The molecule has 1 amide bonds. The molecule has 0 aliphatic carbocycles. The molecule has 13 heteroatoms. The minimum Gasteiger partial charge on any atom is -0.505 e. The van der Waals surface area contributed by atoms with Gasteiger partial charge >= 0.3 is 0 Å². The van der Waals surface area contributed by atoms with Gasteiger partial charge in [-0.05, 0) is 94.9 Å². The molecule has 52 heavy (non-hydrogen) atoms. The topological polar surface area (TPSA) is 87.2 Å². The van der Waals surface area contributed by atoms with Crippen molar-refractivity contribution in [2.45, 2.75) is 44.9 Å². The lowest BCUT2D eigenvalue weighted by molar-refractivity contribution is 0.0730. The number of carbonyl (C=O) groups is 1. The predicted molar refractivity (Wildman–Crippen MR) is 204 cm³/mol. The van der Waals surface area contributed by atoms with Crippen molar-refractivity contribution in [1.82, 2.24) is 9.21 Å². The van der Waals surface area contributed by atoms with Crippen molar-refractivity contribution in [1.29, 1.82) is 0 Å². The number of hydrogen-bond donors (Lipinski definition) is 1. The van der Waals surface area contributed by atoms with Crippen LogP contribution in [0.15, 0.2) is 108 Å². The highest BCUT2D eigenvalue weighted by molar-refractivity contribution is 7.89. The van der Waals surface area contributed by atoms with E-state index in [1.54, 1.807) is 83.8 Å². The first-order valence-electron chi connectivity index (χ1n) is 16.2. The molecule has 7 nitrogen and oxygen atoms in total. The number of carbonyl (C=O) groups excluding carboxylic acids is 1. The van der Waals surface area contributed by atoms with Crippen molar-refractivity contribution in [3.8, 4) is 11.5 Å². The molecular weight excluding hydrogens is 769 g/mol. The molecule has 0 unspecified atom stereocenters. The van der Waals surface area contributed by atoms with Crippen LogP contribution in [0.2, 0.25) is 20.1 Å². The largest absolute Gasteiger partial charge is 0.505 e. The standard InChI is InChI=1S/C39H35Cl4FN2O5S/c1-25(2)24-51-35-13-7-28(8-14-35)23-46(52(49,50)37-19-33(42)18-36(43)38(37)47)22-27-3-9-30(10-4-27)39(48)45(20-26-5-11-34(44)12-6-26)21-29-15-31(40)17-32(41)16-29/h3-19,25,47H,20-24H2,1-2H3. The SMILES string of the molecule is CC(C)COc1ccc(CN(Cc2ccc(C(=O)N(Cc3ccc(F)cc3)Cc3cc(Cl)cc(Cl)c3)cc2)S(=O)(=O)c2cc(Cl)cc(Cl)c2O)cc1. The Hall–Kier alpha value is -3.83. The quantitative estimate of drug-likeness (QED) is 0.121. The molecule has 0 saturated carbocycles. The maximum atomic E-state index is 14.1. The molecule has 1 N–H and O–H groups in total. The van der Waals surface area contributed by atoms with Crippen LogP contribution in [0.3, 0.4) is 0 Å². The summed E-state index contributed by atoms with van der Waals surface area (Å²) in [7, 11) is -4.36. The summed E-state index contributed by atoms with van der Waals surface area (Å²) in [5.74, 6) is -0.347. The fourth-order valence-electron chi connectivity index (χ4n) is 5.33. The molecule has 0 spiro atoms. The van der Waals surface area contributed by atoms with E-state index in [1.165, 1.54) is 22.5 Å². The lowest BCUT2D eigenvalue weighted by Crippen LogP contribution is -2.31. The monoisotopic (exact) mass is 802 g/mol.